The van der Waals surface area contributed by atoms with E-state index in [1.807, 2.05) is 0 Å². The number of aliphatic carboxylic acids is 1. The summed E-state index contributed by atoms with van der Waals surface area (Å²) in [6.45, 7) is 5.91. The molecule has 0 radical (unpaired) electrons. The van der Waals surface area contributed by atoms with Crippen molar-refractivity contribution in [1.82, 2.24) is 4.72 Å². The van der Waals surface area contributed by atoms with E-state index in [0.29, 0.717) is 5.92 Å². The SMILES string of the molecule is CCC(C)CC(C)NS(=O)(=O)CCC(=O)O. The second-order valence-corrected chi connectivity index (χ2v) is 6.10. The first kappa shape index (κ1) is 15.4. The van der Waals surface area contributed by atoms with Gasteiger partial charge in [0.15, 0.2) is 0 Å². The van der Waals surface area contributed by atoms with Crippen molar-refractivity contribution in [3.05, 3.63) is 0 Å². The van der Waals surface area contributed by atoms with Crippen molar-refractivity contribution in [1.29, 1.82) is 0 Å². The summed E-state index contributed by atoms with van der Waals surface area (Å²) in [5.41, 5.74) is 0. The molecule has 0 saturated heterocycles. The third kappa shape index (κ3) is 7.64. The number of carboxylic acids is 1. The maximum absolute atomic E-state index is 11.4. The molecule has 0 aliphatic rings. The van der Waals surface area contributed by atoms with Crippen molar-refractivity contribution < 1.29 is 18.3 Å². The molecule has 0 heterocycles. The largest absolute Gasteiger partial charge is 0.481 e. The van der Waals surface area contributed by atoms with E-state index >= 15 is 0 Å². The highest BCUT2D eigenvalue weighted by molar-refractivity contribution is 7.89. The molecular weight excluding hydrogens is 230 g/mol. The van der Waals surface area contributed by atoms with Crippen LogP contribution in [0, 0.1) is 5.92 Å². The second-order valence-electron chi connectivity index (χ2n) is 4.23. The molecule has 0 saturated carbocycles. The van der Waals surface area contributed by atoms with Crippen LogP contribution in [0.2, 0.25) is 0 Å². The van der Waals surface area contributed by atoms with Crippen molar-refractivity contribution in [2.45, 2.75) is 46.1 Å². The van der Waals surface area contributed by atoms with Crippen molar-refractivity contribution in [2.24, 2.45) is 5.92 Å². The van der Waals surface area contributed by atoms with E-state index < -0.39 is 16.0 Å². The molecule has 6 heteroatoms. The Morgan fingerprint density at radius 3 is 2.38 bits per heavy atom. The highest BCUT2D eigenvalue weighted by Gasteiger charge is 2.17. The maximum atomic E-state index is 11.4. The van der Waals surface area contributed by atoms with Gasteiger partial charge in [0, 0.05) is 6.04 Å². The van der Waals surface area contributed by atoms with Crippen LogP contribution in [0.25, 0.3) is 0 Å². The maximum Gasteiger partial charge on any atom is 0.304 e. The number of carbonyl (C=O) groups is 1. The molecule has 0 fully saturated rings. The zero-order valence-corrected chi connectivity index (χ0v) is 10.9. The van der Waals surface area contributed by atoms with Gasteiger partial charge in [0.2, 0.25) is 10.0 Å². The fraction of sp³-hybridized carbons (Fsp3) is 0.900. The lowest BCUT2D eigenvalue weighted by atomic mass is 10.0. The van der Waals surface area contributed by atoms with Crippen LogP contribution in [0.15, 0.2) is 0 Å². The Labute approximate surface area is 97.3 Å². The van der Waals surface area contributed by atoms with Gasteiger partial charge in [-0.2, -0.15) is 0 Å². The smallest absolute Gasteiger partial charge is 0.304 e. The molecule has 0 amide bonds. The normalized spacial score (nSPS) is 15.7. The highest BCUT2D eigenvalue weighted by atomic mass is 32.2. The fourth-order valence-electron chi connectivity index (χ4n) is 1.41. The first-order valence-electron chi connectivity index (χ1n) is 5.48. The summed E-state index contributed by atoms with van der Waals surface area (Å²) >= 11 is 0. The second kappa shape index (κ2) is 6.85. The average molecular weight is 251 g/mol. The number of rotatable bonds is 8. The minimum atomic E-state index is -3.46. The van der Waals surface area contributed by atoms with E-state index in [4.69, 9.17) is 5.11 Å². The van der Waals surface area contributed by atoms with Crippen LogP contribution in [0.1, 0.15) is 40.0 Å². The van der Waals surface area contributed by atoms with Gasteiger partial charge in [0.05, 0.1) is 12.2 Å². The molecule has 2 unspecified atom stereocenters. The summed E-state index contributed by atoms with van der Waals surface area (Å²) in [4.78, 5) is 10.3. The number of carboxylic acid groups (broad SMARTS) is 1. The third-order valence-electron chi connectivity index (χ3n) is 2.42. The van der Waals surface area contributed by atoms with Crippen LogP contribution in [-0.2, 0) is 14.8 Å². The fourth-order valence-corrected chi connectivity index (χ4v) is 2.68. The van der Waals surface area contributed by atoms with Gasteiger partial charge in [0.25, 0.3) is 0 Å². The van der Waals surface area contributed by atoms with Crippen LogP contribution >= 0.6 is 0 Å². The molecule has 0 rings (SSSR count). The van der Waals surface area contributed by atoms with Gasteiger partial charge in [0.1, 0.15) is 0 Å². The zero-order valence-electron chi connectivity index (χ0n) is 10.1. The summed E-state index contributed by atoms with van der Waals surface area (Å²) < 4.78 is 25.4. The van der Waals surface area contributed by atoms with E-state index in [1.165, 1.54) is 0 Å². The Bertz CT molecular complexity index is 313. The van der Waals surface area contributed by atoms with E-state index in [9.17, 15) is 13.2 Å². The van der Waals surface area contributed by atoms with Gasteiger partial charge >= 0.3 is 5.97 Å². The van der Waals surface area contributed by atoms with Gasteiger partial charge < -0.3 is 5.11 Å². The molecule has 16 heavy (non-hydrogen) atoms. The summed E-state index contributed by atoms with van der Waals surface area (Å²) in [5.74, 6) is -0.996. The summed E-state index contributed by atoms with van der Waals surface area (Å²) in [6.07, 6.45) is 1.41. The van der Waals surface area contributed by atoms with Gasteiger partial charge in [-0.1, -0.05) is 20.3 Å². The van der Waals surface area contributed by atoms with E-state index in [-0.39, 0.29) is 18.2 Å². The molecule has 0 aliphatic carbocycles. The molecule has 96 valence electrons. The lowest BCUT2D eigenvalue weighted by molar-refractivity contribution is -0.136. The number of sulfonamides is 1. The molecule has 0 bridgehead atoms. The predicted octanol–water partition coefficient (Wildman–Crippen LogP) is 1.21. The number of nitrogens with one attached hydrogen (secondary N) is 1. The Morgan fingerprint density at radius 2 is 1.94 bits per heavy atom. The Balaban J connectivity index is 4.10. The van der Waals surface area contributed by atoms with Crippen LogP contribution in [0.4, 0.5) is 0 Å². The van der Waals surface area contributed by atoms with Crippen molar-refractivity contribution in [3.8, 4) is 0 Å². The van der Waals surface area contributed by atoms with Gasteiger partial charge in [-0.15, -0.1) is 0 Å². The van der Waals surface area contributed by atoms with Crippen LogP contribution in [0.5, 0.6) is 0 Å². The van der Waals surface area contributed by atoms with Crippen LogP contribution in [0.3, 0.4) is 0 Å². The summed E-state index contributed by atoms with van der Waals surface area (Å²) in [6, 6.07) is -0.145. The number of hydrogen-bond donors (Lipinski definition) is 2. The first-order chi connectivity index (χ1) is 7.26. The lowest BCUT2D eigenvalue weighted by Gasteiger charge is -2.17. The molecular formula is C10H21NO4S. The van der Waals surface area contributed by atoms with Gasteiger partial charge in [-0.3, -0.25) is 4.79 Å². The Kier molecular flexibility index (Phi) is 6.59. The molecule has 0 spiro atoms. The first-order valence-corrected chi connectivity index (χ1v) is 7.13. The molecule has 0 aliphatic heterocycles. The minimum absolute atomic E-state index is 0.145. The van der Waals surface area contributed by atoms with Crippen LogP contribution in [-0.4, -0.2) is 31.3 Å². The average Bonchev–Trinajstić information content (AvgIpc) is 2.13. The number of hydrogen-bond acceptors (Lipinski definition) is 3. The lowest BCUT2D eigenvalue weighted by Crippen LogP contribution is -2.35. The van der Waals surface area contributed by atoms with Gasteiger partial charge in [-0.25, -0.2) is 13.1 Å². The Hall–Kier alpha value is -0.620. The van der Waals surface area contributed by atoms with Crippen molar-refractivity contribution in [2.75, 3.05) is 5.75 Å². The monoisotopic (exact) mass is 251 g/mol. The Morgan fingerprint density at radius 1 is 1.38 bits per heavy atom. The standard InChI is InChI=1S/C10H21NO4S/c1-4-8(2)7-9(3)11-16(14,15)6-5-10(12)13/h8-9,11H,4-7H2,1-3H3,(H,12,13). The predicted molar refractivity (Wildman–Crippen MR) is 62.7 cm³/mol. The van der Waals surface area contributed by atoms with Crippen molar-refractivity contribution >= 4 is 16.0 Å². The summed E-state index contributed by atoms with van der Waals surface area (Å²) in [7, 11) is -3.46. The quantitative estimate of drug-likeness (QED) is 0.679. The van der Waals surface area contributed by atoms with E-state index in [0.717, 1.165) is 12.8 Å². The topological polar surface area (TPSA) is 83.5 Å². The van der Waals surface area contributed by atoms with Crippen LogP contribution < -0.4 is 4.72 Å². The molecule has 5 nitrogen and oxygen atoms in total. The molecule has 0 aromatic rings. The third-order valence-corrected chi connectivity index (χ3v) is 3.92. The highest BCUT2D eigenvalue weighted by Crippen LogP contribution is 2.10. The molecule has 2 N–H and O–H groups in total. The molecule has 2 atom stereocenters. The van der Waals surface area contributed by atoms with Gasteiger partial charge in [-0.05, 0) is 19.3 Å². The molecule has 0 aromatic carbocycles. The van der Waals surface area contributed by atoms with Crippen molar-refractivity contribution in [3.63, 3.8) is 0 Å². The minimum Gasteiger partial charge on any atom is -0.481 e. The van der Waals surface area contributed by atoms with E-state index in [2.05, 4.69) is 18.6 Å². The van der Waals surface area contributed by atoms with E-state index in [1.54, 1.807) is 6.92 Å². The molecule has 0 aromatic heterocycles. The summed E-state index contributed by atoms with van der Waals surface area (Å²) in [5, 5.41) is 8.40. The zero-order chi connectivity index (χ0) is 12.8.